The summed E-state index contributed by atoms with van der Waals surface area (Å²) in [7, 11) is 6.31. The summed E-state index contributed by atoms with van der Waals surface area (Å²) < 4.78 is 27.3. The summed E-state index contributed by atoms with van der Waals surface area (Å²) in [5, 5.41) is 12.3. The van der Waals surface area contributed by atoms with Crippen molar-refractivity contribution in [3.05, 3.63) is 59.9 Å². The highest BCUT2D eigenvalue weighted by molar-refractivity contribution is 6.13. The lowest BCUT2D eigenvalue weighted by atomic mass is 10.0. The zero-order valence-electron chi connectivity index (χ0n) is 17.2. The highest BCUT2D eigenvalue weighted by Gasteiger charge is 2.34. The van der Waals surface area contributed by atoms with Crippen LogP contribution in [0.5, 0.6) is 23.0 Å². The molecule has 1 aliphatic heterocycles. The zero-order chi connectivity index (χ0) is 21.3. The highest BCUT2D eigenvalue weighted by Crippen LogP contribution is 2.45. The average Bonchev–Trinajstić information content (AvgIpc) is 3.27. The van der Waals surface area contributed by atoms with Gasteiger partial charge in [0.25, 0.3) is 0 Å². The van der Waals surface area contributed by atoms with Gasteiger partial charge >= 0.3 is 0 Å². The van der Waals surface area contributed by atoms with Crippen LogP contribution in [0.4, 0.5) is 11.6 Å². The molecule has 0 fully saturated rings. The minimum atomic E-state index is -0.398. The first kappa shape index (κ1) is 19.5. The van der Waals surface area contributed by atoms with Gasteiger partial charge < -0.3 is 33.6 Å². The number of methoxy groups -OCH3 is 4. The van der Waals surface area contributed by atoms with Gasteiger partial charge in [-0.15, -0.1) is 0 Å². The number of nitrogens with one attached hydrogen (secondary N) is 2. The fraction of sp³-hybridized carbons (Fsp3) is 0.227. The van der Waals surface area contributed by atoms with Crippen molar-refractivity contribution >= 4 is 17.4 Å². The van der Waals surface area contributed by atoms with E-state index in [9.17, 15) is 0 Å². The van der Waals surface area contributed by atoms with Gasteiger partial charge in [-0.3, -0.25) is 5.41 Å². The normalized spacial score (nSPS) is 15.3. The van der Waals surface area contributed by atoms with E-state index < -0.39 is 6.17 Å². The van der Waals surface area contributed by atoms with E-state index in [2.05, 4.69) is 5.32 Å². The Morgan fingerprint density at radius 3 is 2.13 bits per heavy atom. The monoisotopic (exact) mass is 409 g/mol. The molecule has 30 heavy (non-hydrogen) atoms. The molecule has 0 radical (unpaired) electrons. The summed E-state index contributed by atoms with van der Waals surface area (Å²) in [5.74, 6) is 3.09. The lowest BCUT2D eigenvalue weighted by molar-refractivity contribution is 0.324. The Morgan fingerprint density at radius 1 is 0.900 bits per heavy atom. The third-order valence-electron chi connectivity index (χ3n) is 5.05. The maximum atomic E-state index is 8.88. The Bertz CT molecular complexity index is 1040. The fourth-order valence-corrected chi connectivity index (χ4v) is 3.56. The van der Waals surface area contributed by atoms with Gasteiger partial charge in [-0.05, 0) is 23.8 Å². The molecule has 1 aliphatic rings. The van der Waals surface area contributed by atoms with Crippen LogP contribution in [0, 0.1) is 5.41 Å². The molecule has 156 valence electrons. The minimum absolute atomic E-state index is 0.285. The van der Waals surface area contributed by atoms with Crippen molar-refractivity contribution in [1.29, 1.82) is 5.41 Å². The first-order chi connectivity index (χ1) is 14.6. The topological polar surface area (TPSA) is 89.2 Å². The van der Waals surface area contributed by atoms with E-state index in [1.54, 1.807) is 40.8 Å². The molecule has 4 rings (SSSR count). The number of fused-ring (bicyclic) bond motifs is 1. The molecule has 0 saturated heterocycles. The number of nitrogens with zero attached hydrogens (tertiary/aromatic N) is 1. The van der Waals surface area contributed by atoms with E-state index in [0.717, 1.165) is 11.3 Å². The third kappa shape index (κ3) is 3.16. The van der Waals surface area contributed by atoms with Crippen LogP contribution in [0.3, 0.4) is 0 Å². The van der Waals surface area contributed by atoms with Gasteiger partial charge in [0.1, 0.15) is 17.8 Å². The van der Waals surface area contributed by atoms with Gasteiger partial charge in [0.2, 0.25) is 11.6 Å². The van der Waals surface area contributed by atoms with Gasteiger partial charge in [0, 0.05) is 12.1 Å². The largest absolute Gasteiger partial charge is 0.497 e. The predicted molar refractivity (Wildman–Crippen MR) is 113 cm³/mol. The van der Waals surface area contributed by atoms with Crippen LogP contribution in [-0.4, -0.2) is 34.3 Å². The predicted octanol–water partition coefficient (Wildman–Crippen LogP) is 4.27. The number of hydrogen-bond acceptors (Lipinski definition) is 7. The molecule has 8 nitrogen and oxygen atoms in total. The number of furan rings is 1. The van der Waals surface area contributed by atoms with Gasteiger partial charge in [-0.25, -0.2) is 0 Å². The average molecular weight is 409 g/mol. The van der Waals surface area contributed by atoms with Gasteiger partial charge in [0.15, 0.2) is 11.5 Å². The second kappa shape index (κ2) is 7.90. The standard InChI is InChI=1S/C22H23N3O5/c1-26-15-7-5-13(6-8-15)21-24-22-16(9-10-30-22)20(23)25(21)14-11-17(27-2)19(29-4)18(12-14)28-3/h5-12,21,23-24H,1-4H3. The van der Waals surface area contributed by atoms with Crippen LogP contribution in [-0.2, 0) is 0 Å². The molecule has 8 heteroatoms. The van der Waals surface area contributed by atoms with E-state index in [1.165, 1.54) is 0 Å². The Morgan fingerprint density at radius 2 is 1.57 bits per heavy atom. The van der Waals surface area contributed by atoms with Gasteiger partial charge in [-0.1, -0.05) is 12.1 Å². The zero-order valence-corrected chi connectivity index (χ0v) is 17.2. The molecular weight excluding hydrogens is 386 g/mol. The second-order valence-corrected chi connectivity index (χ2v) is 6.59. The molecule has 3 aromatic rings. The molecule has 1 unspecified atom stereocenters. The van der Waals surface area contributed by atoms with Crippen molar-refractivity contribution in [1.82, 2.24) is 0 Å². The van der Waals surface area contributed by atoms with Crippen molar-refractivity contribution < 1.29 is 23.4 Å². The molecular formula is C22H23N3O5. The van der Waals surface area contributed by atoms with Crippen LogP contribution >= 0.6 is 0 Å². The molecule has 0 aliphatic carbocycles. The summed E-state index contributed by atoms with van der Waals surface area (Å²) in [6.45, 7) is 0. The molecule has 2 N–H and O–H groups in total. The first-order valence-electron chi connectivity index (χ1n) is 9.27. The van der Waals surface area contributed by atoms with Crippen LogP contribution in [0.25, 0.3) is 0 Å². The van der Waals surface area contributed by atoms with Crippen LogP contribution in [0.15, 0.2) is 53.1 Å². The van der Waals surface area contributed by atoms with Gasteiger partial charge in [-0.2, -0.15) is 0 Å². The Hall–Kier alpha value is -3.81. The minimum Gasteiger partial charge on any atom is -0.497 e. The summed E-state index contributed by atoms with van der Waals surface area (Å²) in [5.41, 5.74) is 2.29. The van der Waals surface area contributed by atoms with Crippen LogP contribution in [0.2, 0.25) is 0 Å². The SMILES string of the molecule is COc1ccc(C2Nc3occc3C(=N)N2c2cc(OC)c(OC)c(OC)c2)cc1. The lowest BCUT2D eigenvalue weighted by Gasteiger charge is -2.38. The number of ether oxygens (including phenoxy) is 4. The summed E-state index contributed by atoms with van der Waals surface area (Å²) in [6, 6.07) is 13.1. The van der Waals surface area contributed by atoms with E-state index >= 15 is 0 Å². The van der Waals surface area contributed by atoms with E-state index in [0.29, 0.717) is 34.4 Å². The van der Waals surface area contributed by atoms with Crippen molar-refractivity contribution in [2.45, 2.75) is 6.17 Å². The molecule has 1 aromatic heterocycles. The summed E-state index contributed by atoms with van der Waals surface area (Å²) in [4.78, 5) is 1.85. The van der Waals surface area contributed by atoms with Crippen LogP contribution < -0.4 is 29.2 Å². The van der Waals surface area contributed by atoms with Crippen molar-refractivity contribution in [2.24, 2.45) is 0 Å². The maximum absolute atomic E-state index is 8.88. The summed E-state index contributed by atoms with van der Waals surface area (Å²) in [6.07, 6.45) is 1.17. The third-order valence-corrected chi connectivity index (χ3v) is 5.05. The molecule has 2 heterocycles. The smallest absolute Gasteiger partial charge is 0.205 e. The van der Waals surface area contributed by atoms with E-state index in [4.69, 9.17) is 28.8 Å². The summed E-state index contributed by atoms with van der Waals surface area (Å²) >= 11 is 0. The number of amidine groups is 1. The quantitative estimate of drug-likeness (QED) is 0.628. The van der Waals surface area contributed by atoms with Gasteiger partial charge in [0.05, 0.1) is 46.0 Å². The molecule has 0 bridgehead atoms. The molecule has 1 atom stereocenters. The molecule has 0 saturated carbocycles. The van der Waals surface area contributed by atoms with Crippen molar-refractivity contribution in [2.75, 3.05) is 38.7 Å². The first-order valence-corrected chi connectivity index (χ1v) is 9.27. The Labute approximate surface area is 174 Å². The van der Waals surface area contributed by atoms with Crippen molar-refractivity contribution in [3.8, 4) is 23.0 Å². The Balaban J connectivity index is 1.86. The number of hydrogen-bond donors (Lipinski definition) is 2. The fourth-order valence-electron chi connectivity index (χ4n) is 3.56. The number of rotatable bonds is 6. The van der Waals surface area contributed by atoms with Crippen LogP contribution in [0.1, 0.15) is 17.3 Å². The number of benzene rings is 2. The molecule has 2 aromatic carbocycles. The van der Waals surface area contributed by atoms with E-state index in [1.807, 2.05) is 41.3 Å². The lowest BCUT2D eigenvalue weighted by Crippen LogP contribution is -2.42. The molecule has 0 spiro atoms. The van der Waals surface area contributed by atoms with E-state index in [-0.39, 0.29) is 5.84 Å². The Kier molecular flexibility index (Phi) is 5.14. The van der Waals surface area contributed by atoms with Crippen molar-refractivity contribution in [3.63, 3.8) is 0 Å². The second-order valence-electron chi connectivity index (χ2n) is 6.59. The maximum Gasteiger partial charge on any atom is 0.205 e. The number of anilines is 2. The molecule has 0 amide bonds. The highest BCUT2D eigenvalue weighted by atomic mass is 16.5.